The average Bonchev–Trinajstić information content (AvgIpc) is 2.96. The first kappa shape index (κ1) is 31.0. The van der Waals surface area contributed by atoms with Crippen LogP contribution in [0, 0.1) is 0 Å². The van der Waals surface area contributed by atoms with Crippen molar-refractivity contribution >= 4 is 0 Å². The molecule has 0 amide bonds. The van der Waals surface area contributed by atoms with Crippen LogP contribution in [0.25, 0.3) is 0 Å². The predicted octanol–water partition coefficient (Wildman–Crippen LogP) is 3.60. The van der Waals surface area contributed by atoms with Gasteiger partial charge in [-0.1, -0.05) is 12.1 Å². The first-order valence-corrected chi connectivity index (χ1v) is 14.0. The van der Waals surface area contributed by atoms with Gasteiger partial charge in [0, 0.05) is 13.2 Å². The maximum absolute atomic E-state index is 5.82. The van der Waals surface area contributed by atoms with Crippen molar-refractivity contribution in [1.82, 2.24) is 0 Å². The number of ether oxygens (including phenoxy) is 10. The van der Waals surface area contributed by atoms with Gasteiger partial charge in [0.15, 0.2) is 24.1 Å². The van der Waals surface area contributed by atoms with E-state index in [4.69, 9.17) is 47.4 Å². The quantitative estimate of drug-likeness (QED) is 0.202. The van der Waals surface area contributed by atoms with Crippen LogP contribution in [0.4, 0.5) is 0 Å². The summed E-state index contributed by atoms with van der Waals surface area (Å²) in [4.78, 5) is 0. The Labute approximate surface area is 227 Å². The van der Waals surface area contributed by atoms with E-state index in [1.807, 2.05) is 24.3 Å². The van der Waals surface area contributed by atoms with Gasteiger partial charge in [0.2, 0.25) is 0 Å². The number of hydrogen-bond donors (Lipinski definition) is 0. The van der Waals surface area contributed by atoms with Crippen molar-refractivity contribution in [2.24, 2.45) is 0 Å². The van der Waals surface area contributed by atoms with E-state index >= 15 is 0 Å². The molecule has 0 aliphatic carbocycles. The molecule has 38 heavy (non-hydrogen) atoms. The molecule has 2 unspecified atom stereocenters. The van der Waals surface area contributed by atoms with E-state index in [1.165, 1.54) is 0 Å². The van der Waals surface area contributed by atoms with Crippen molar-refractivity contribution in [3.8, 4) is 11.5 Å². The first-order chi connectivity index (χ1) is 18.9. The molecular formula is C28H46O10. The molecule has 1 aromatic carbocycles. The van der Waals surface area contributed by atoms with Gasteiger partial charge in [-0.2, -0.15) is 0 Å². The lowest BCUT2D eigenvalue weighted by molar-refractivity contribution is -0.169. The zero-order chi connectivity index (χ0) is 26.4. The smallest absolute Gasteiger partial charge is 0.161 e. The highest BCUT2D eigenvalue weighted by atomic mass is 16.7. The fourth-order valence-electron chi connectivity index (χ4n) is 3.92. The summed E-state index contributed by atoms with van der Waals surface area (Å²) in [5, 5.41) is 0. The van der Waals surface area contributed by atoms with Gasteiger partial charge in [-0.25, -0.2) is 0 Å². The van der Waals surface area contributed by atoms with Gasteiger partial charge in [0.1, 0.15) is 13.2 Å². The Hall–Kier alpha value is -1.50. The molecule has 1 aromatic rings. The Balaban J connectivity index is 1.09. The minimum atomic E-state index is -0.0718. The molecule has 0 aromatic heterocycles. The second-order valence-electron chi connectivity index (χ2n) is 8.93. The van der Waals surface area contributed by atoms with Crippen molar-refractivity contribution in [3.63, 3.8) is 0 Å². The molecule has 2 aliphatic rings. The van der Waals surface area contributed by atoms with Crippen LogP contribution >= 0.6 is 0 Å². The van der Waals surface area contributed by atoms with E-state index in [2.05, 4.69) is 0 Å². The summed E-state index contributed by atoms with van der Waals surface area (Å²) in [6, 6.07) is 7.58. The van der Waals surface area contributed by atoms with Crippen LogP contribution in [0.5, 0.6) is 11.5 Å². The number of hydrogen-bond acceptors (Lipinski definition) is 10. The van der Waals surface area contributed by atoms with Gasteiger partial charge in [0.25, 0.3) is 0 Å². The first-order valence-electron chi connectivity index (χ1n) is 14.0. The van der Waals surface area contributed by atoms with Crippen LogP contribution in [0.1, 0.15) is 38.5 Å². The third-order valence-electron chi connectivity index (χ3n) is 5.90. The Kier molecular flexibility index (Phi) is 17.4. The maximum atomic E-state index is 5.82. The van der Waals surface area contributed by atoms with Crippen LogP contribution in [-0.4, -0.2) is 105 Å². The molecule has 2 atom stereocenters. The Morgan fingerprint density at radius 1 is 0.500 bits per heavy atom. The van der Waals surface area contributed by atoms with E-state index < -0.39 is 0 Å². The van der Waals surface area contributed by atoms with Gasteiger partial charge < -0.3 is 47.4 Å². The van der Waals surface area contributed by atoms with Crippen molar-refractivity contribution < 1.29 is 47.4 Å². The predicted molar refractivity (Wildman–Crippen MR) is 140 cm³/mol. The lowest BCUT2D eigenvalue weighted by atomic mass is 10.2. The largest absolute Gasteiger partial charge is 0.487 e. The molecule has 3 rings (SSSR count). The molecule has 2 saturated heterocycles. The van der Waals surface area contributed by atoms with Gasteiger partial charge in [-0.15, -0.1) is 0 Å². The minimum absolute atomic E-state index is 0.0718. The van der Waals surface area contributed by atoms with Crippen molar-refractivity contribution in [2.75, 3.05) is 92.5 Å². The third-order valence-corrected chi connectivity index (χ3v) is 5.90. The van der Waals surface area contributed by atoms with Crippen LogP contribution in [0.3, 0.4) is 0 Å². The standard InChI is InChI=1S/C28H46O10/c1-2-8-26(34-22-18-30-14-16-32-20-24-38-28-10-4-6-12-36-28)25(7-1)33-21-17-29-13-15-31-19-23-37-27-9-3-5-11-35-27/h1-2,7-8,27-28H,3-6,9-24H2. The molecule has 0 N–H and O–H groups in total. The lowest BCUT2D eigenvalue weighted by Crippen LogP contribution is -2.24. The van der Waals surface area contributed by atoms with E-state index in [0.717, 1.165) is 51.7 Å². The van der Waals surface area contributed by atoms with Crippen molar-refractivity contribution in [1.29, 1.82) is 0 Å². The maximum Gasteiger partial charge on any atom is 0.161 e. The number of para-hydroxylation sites is 2. The van der Waals surface area contributed by atoms with Gasteiger partial charge in [0.05, 0.1) is 66.1 Å². The molecule has 218 valence electrons. The molecule has 0 spiro atoms. The highest BCUT2D eigenvalue weighted by Gasteiger charge is 2.14. The molecular weight excluding hydrogens is 496 g/mol. The second kappa shape index (κ2) is 21.3. The summed E-state index contributed by atoms with van der Waals surface area (Å²) in [6.07, 6.45) is 6.36. The summed E-state index contributed by atoms with van der Waals surface area (Å²) < 4.78 is 56.2. The molecule has 10 heteroatoms. The van der Waals surface area contributed by atoms with Crippen LogP contribution in [0.2, 0.25) is 0 Å². The monoisotopic (exact) mass is 542 g/mol. The second-order valence-corrected chi connectivity index (χ2v) is 8.93. The van der Waals surface area contributed by atoms with E-state index in [9.17, 15) is 0 Å². The molecule has 2 fully saturated rings. The fourth-order valence-corrected chi connectivity index (χ4v) is 3.92. The van der Waals surface area contributed by atoms with Crippen LogP contribution in [0.15, 0.2) is 24.3 Å². The minimum Gasteiger partial charge on any atom is -0.487 e. The van der Waals surface area contributed by atoms with Gasteiger partial charge in [-0.3, -0.25) is 0 Å². The molecule has 0 radical (unpaired) electrons. The molecule has 0 bridgehead atoms. The lowest BCUT2D eigenvalue weighted by Gasteiger charge is -2.22. The Morgan fingerprint density at radius 3 is 1.29 bits per heavy atom. The SMILES string of the molecule is c1ccc(OCCOCCOCCOC2CCCCO2)c(OCCOCCOCCOC2CCCCO2)c1. The number of benzene rings is 1. The highest BCUT2D eigenvalue weighted by molar-refractivity contribution is 5.39. The molecule has 2 heterocycles. The van der Waals surface area contributed by atoms with Gasteiger partial charge >= 0.3 is 0 Å². The molecule has 0 saturated carbocycles. The zero-order valence-electron chi connectivity index (χ0n) is 22.7. The summed E-state index contributed by atoms with van der Waals surface area (Å²) in [6.45, 7) is 7.54. The zero-order valence-corrected chi connectivity index (χ0v) is 22.7. The van der Waals surface area contributed by atoms with Crippen LogP contribution < -0.4 is 9.47 Å². The van der Waals surface area contributed by atoms with Gasteiger partial charge in [-0.05, 0) is 50.7 Å². The van der Waals surface area contributed by atoms with Crippen molar-refractivity contribution in [2.45, 2.75) is 51.1 Å². The summed E-state index contributed by atoms with van der Waals surface area (Å²) in [5.74, 6) is 1.36. The summed E-state index contributed by atoms with van der Waals surface area (Å²) in [7, 11) is 0. The topological polar surface area (TPSA) is 92.3 Å². The fraction of sp³-hybridized carbons (Fsp3) is 0.786. The Morgan fingerprint density at radius 2 is 0.895 bits per heavy atom. The third kappa shape index (κ3) is 14.6. The normalized spacial score (nSPS) is 19.9. The number of rotatable bonds is 22. The van der Waals surface area contributed by atoms with E-state index in [-0.39, 0.29) is 12.6 Å². The average molecular weight is 543 g/mol. The van der Waals surface area contributed by atoms with Crippen molar-refractivity contribution in [3.05, 3.63) is 24.3 Å². The summed E-state index contributed by atoms with van der Waals surface area (Å²) in [5.41, 5.74) is 0. The molecule has 2 aliphatic heterocycles. The highest BCUT2D eigenvalue weighted by Crippen LogP contribution is 2.26. The summed E-state index contributed by atoms with van der Waals surface area (Å²) >= 11 is 0. The molecule has 10 nitrogen and oxygen atoms in total. The van der Waals surface area contributed by atoms with Crippen LogP contribution in [-0.2, 0) is 37.9 Å². The Bertz CT molecular complexity index is 622. The van der Waals surface area contributed by atoms with E-state index in [0.29, 0.717) is 90.8 Å². The van der Waals surface area contributed by atoms with E-state index in [1.54, 1.807) is 0 Å².